The number of hydrogen-bond donors (Lipinski definition) is 1. The van der Waals surface area contributed by atoms with E-state index in [1.54, 1.807) is 0 Å². The van der Waals surface area contributed by atoms with Crippen molar-refractivity contribution < 1.29 is 19.4 Å². The first-order chi connectivity index (χ1) is 8.12. The molecule has 0 spiro atoms. The third kappa shape index (κ3) is 2.92. The van der Waals surface area contributed by atoms with Gasteiger partial charge in [0.05, 0.1) is 12.7 Å². The first-order valence-corrected chi connectivity index (χ1v) is 4.60. The van der Waals surface area contributed by atoms with E-state index in [4.69, 9.17) is 15.1 Å². The smallest absolute Gasteiger partial charge is 0.328 e. The zero-order valence-corrected chi connectivity index (χ0v) is 9.01. The number of carboxylic acid groups (broad SMARTS) is 1. The molecule has 0 bridgehead atoms. The van der Waals surface area contributed by atoms with Crippen LogP contribution in [0.1, 0.15) is 21.5 Å². The van der Waals surface area contributed by atoms with Crippen molar-refractivity contribution >= 4 is 18.3 Å². The molecule has 0 atom stereocenters. The van der Waals surface area contributed by atoms with Crippen molar-refractivity contribution in [2.24, 2.45) is 0 Å². The first kappa shape index (κ1) is 12.5. The van der Waals surface area contributed by atoms with Gasteiger partial charge >= 0.3 is 5.97 Å². The number of rotatable bonds is 4. The van der Waals surface area contributed by atoms with Crippen molar-refractivity contribution in [3.8, 4) is 11.8 Å². The number of carbonyl (C=O) groups excluding carboxylic acids is 1. The third-order valence-corrected chi connectivity index (χ3v) is 2.07. The standard InChI is InChI=1S/C12H9NO4/c1-17-10-4-8(2-3-12(15)16)11(7-14)9(5-10)6-13/h2-5,7H,1H3,(H,15,16)/b3-2+. The molecule has 5 nitrogen and oxygen atoms in total. The number of ether oxygens (including phenoxy) is 1. The van der Waals surface area contributed by atoms with Crippen molar-refractivity contribution in [2.45, 2.75) is 0 Å². The predicted molar refractivity (Wildman–Crippen MR) is 59.8 cm³/mol. The lowest BCUT2D eigenvalue weighted by molar-refractivity contribution is -0.131. The maximum absolute atomic E-state index is 10.9. The highest BCUT2D eigenvalue weighted by atomic mass is 16.5. The molecule has 0 saturated heterocycles. The topological polar surface area (TPSA) is 87.4 Å². The fourth-order valence-corrected chi connectivity index (χ4v) is 1.29. The van der Waals surface area contributed by atoms with Crippen LogP contribution in [0.3, 0.4) is 0 Å². The third-order valence-electron chi connectivity index (χ3n) is 2.07. The zero-order valence-electron chi connectivity index (χ0n) is 9.01. The van der Waals surface area contributed by atoms with Crippen LogP contribution in [0.2, 0.25) is 0 Å². The fourth-order valence-electron chi connectivity index (χ4n) is 1.29. The molecule has 1 aromatic rings. The second-order valence-corrected chi connectivity index (χ2v) is 3.08. The Labute approximate surface area is 97.6 Å². The molecule has 0 aliphatic heterocycles. The van der Waals surface area contributed by atoms with Crippen LogP contribution in [0.5, 0.6) is 5.75 Å². The van der Waals surface area contributed by atoms with E-state index in [1.165, 1.54) is 25.3 Å². The number of methoxy groups -OCH3 is 1. The van der Waals surface area contributed by atoms with E-state index in [2.05, 4.69) is 0 Å². The quantitative estimate of drug-likeness (QED) is 0.626. The van der Waals surface area contributed by atoms with Gasteiger partial charge in [0.2, 0.25) is 0 Å². The van der Waals surface area contributed by atoms with E-state index in [1.807, 2.05) is 6.07 Å². The molecule has 86 valence electrons. The minimum Gasteiger partial charge on any atom is -0.497 e. The Hall–Kier alpha value is -2.61. The van der Waals surface area contributed by atoms with Gasteiger partial charge in [0.25, 0.3) is 0 Å². The summed E-state index contributed by atoms with van der Waals surface area (Å²) < 4.78 is 4.96. The van der Waals surface area contributed by atoms with Crippen molar-refractivity contribution in [1.82, 2.24) is 0 Å². The van der Waals surface area contributed by atoms with Gasteiger partial charge in [-0.3, -0.25) is 4.79 Å². The molecule has 0 radical (unpaired) electrons. The Balaban J connectivity index is 3.40. The average molecular weight is 231 g/mol. The Morgan fingerprint density at radius 3 is 2.71 bits per heavy atom. The van der Waals surface area contributed by atoms with Crippen LogP contribution in [0.15, 0.2) is 18.2 Å². The van der Waals surface area contributed by atoms with Crippen LogP contribution in [0.25, 0.3) is 6.08 Å². The minimum absolute atomic E-state index is 0.143. The van der Waals surface area contributed by atoms with Crippen LogP contribution < -0.4 is 4.74 Å². The van der Waals surface area contributed by atoms with Crippen molar-refractivity contribution in [3.05, 3.63) is 34.9 Å². The van der Waals surface area contributed by atoms with Gasteiger partial charge in [0, 0.05) is 11.6 Å². The van der Waals surface area contributed by atoms with Crippen LogP contribution in [0.4, 0.5) is 0 Å². The van der Waals surface area contributed by atoms with Crippen LogP contribution in [-0.2, 0) is 4.79 Å². The highest BCUT2D eigenvalue weighted by Crippen LogP contribution is 2.22. The van der Waals surface area contributed by atoms with Gasteiger partial charge in [-0.15, -0.1) is 0 Å². The minimum atomic E-state index is -1.14. The summed E-state index contributed by atoms with van der Waals surface area (Å²) in [5, 5.41) is 17.4. The first-order valence-electron chi connectivity index (χ1n) is 4.60. The summed E-state index contributed by atoms with van der Waals surface area (Å²) in [6, 6.07) is 4.77. The highest BCUT2D eigenvalue weighted by molar-refractivity contribution is 5.91. The molecule has 1 N–H and O–H groups in total. The zero-order chi connectivity index (χ0) is 12.8. The summed E-state index contributed by atoms with van der Waals surface area (Å²) in [6.07, 6.45) is 2.65. The van der Waals surface area contributed by atoms with Gasteiger partial charge in [0.15, 0.2) is 6.29 Å². The number of benzene rings is 1. The van der Waals surface area contributed by atoms with Crippen molar-refractivity contribution in [2.75, 3.05) is 7.11 Å². The van der Waals surface area contributed by atoms with Crippen LogP contribution in [0, 0.1) is 11.3 Å². The van der Waals surface area contributed by atoms with E-state index < -0.39 is 5.97 Å². The normalized spacial score (nSPS) is 9.88. The molecule has 0 heterocycles. The second kappa shape index (κ2) is 5.47. The van der Waals surface area contributed by atoms with Gasteiger partial charge in [0.1, 0.15) is 11.8 Å². The Kier molecular flexibility index (Phi) is 4.01. The van der Waals surface area contributed by atoms with E-state index >= 15 is 0 Å². The monoisotopic (exact) mass is 231 g/mol. The molecule has 0 saturated carbocycles. The van der Waals surface area contributed by atoms with Gasteiger partial charge < -0.3 is 9.84 Å². The number of carbonyl (C=O) groups is 2. The predicted octanol–water partition coefficient (Wildman–Crippen LogP) is 1.48. The molecule has 0 aliphatic rings. The van der Waals surface area contributed by atoms with Gasteiger partial charge in [-0.1, -0.05) is 0 Å². The van der Waals surface area contributed by atoms with Gasteiger partial charge in [-0.2, -0.15) is 5.26 Å². The highest BCUT2D eigenvalue weighted by Gasteiger charge is 2.09. The maximum atomic E-state index is 10.9. The molecule has 1 aromatic carbocycles. The summed E-state index contributed by atoms with van der Waals surface area (Å²) in [5.41, 5.74) is 0.619. The summed E-state index contributed by atoms with van der Waals surface area (Å²) in [5.74, 6) is -0.750. The fraction of sp³-hybridized carbons (Fsp3) is 0.0833. The molecular formula is C12H9NO4. The summed E-state index contributed by atoms with van der Waals surface area (Å²) in [6.45, 7) is 0. The van der Waals surface area contributed by atoms with Crippen molar-refractivity contribution in [1.29, 1.82) is 5.26 Å². The number of hydrogen-bond acceptors (Lipinski definition) is 4. The molecule has 0 fully saturated rings. The van der Waals surface area contributed by atoms with Gasteiger partial charge in [-0.05, 0) is 23.8 Å². The number of aliphatic carboxylic acids is 1. The molecule has 1 rings (SSSR count). The molecule has 17 heavy (non-hydrogen) atoms. The van der Waals surface area contributed by atoms with E-state index in [0.717, 1.165) is 6.08 Å². The number of nitriles is 1. The lowest BCUT2D eigenvalue weighted by Crippen LogP contribution is -1.96. The molecule has 0 aliphatic carbocycles. The lowest BCUT2D eigenvalue weighted by Gasteiger charge is -2.05. The lowest BCUT2D eigenvalue weighted by atomic mass is 10.0. The van der Waals surface area contributed by atoms with Gasteiger partial charge in [-0.25, -0.2) is 4.79 Å². The van der Waals surface area contributed by atoms with Crippen molar-refractivity contribution in [3.63, 3.8) is 0 Å². The summed E-state index contributed by atoms with van der Waals surface area (Å²) in [7, 11) is 1.42. The second-order valence-electron chi connectivity index (χ2n) is 3.08. The maximum Gasteiger partial charge on any atom is 0.328 e. The Bertz CT molecular complexity index is 526. The summed E-state index contributed by atoms with van der Waals surface area (Å²) >= 11 is 0. The largest absolute Gasteiger partial charge is 0.497 e. The van der Waals surface area contributed by atoms with E-state index in [0.29, 0.717) is 17.6 Å². The van der Waals surface area contributed by atoms with Crippen LogP contribution >= 0.6 is 0 Å². The van der Waals surface area contributed by atoms with Crippen LogP contribution in [-0.4, -0.2) is 24.5 Å². The molecule has 0 amide bonds. The molecular weight excluding hydrogens is 222 g/mol. The SMILES string of the molecule is COc1cc(C#N)c(C=O)c(/C=C/C(=O)O)c1. The molecule has 0 aromatic heterocycles. The Morgan fingerprint density at radius 1 is 1.53 bits per heavy atom. The Morgan fingerprint density at radius 2 is 2.24 bits per heavy atom. The number of aldehydes is 1. The summed E-state index contributed by atoms with van der Waals surface area (Å²) in [4.78, 5) is 21.3. The average Bonchev–Trinajstić information content (AvgIpc) is 2.34. The number of nitrogens with zero attached hydrogens (tertiary/aromatic N) is 1. The van der Waals surface area contributed by atoms with E-state index in [-0.39, 0.29) is 11.1 Å². The number of carboxylic acids is 1. The molecule has 0 unspecified atom stereocenters. The van der Waals surface area contributed by atoms with E-state index in [9.17, 15) is 9.59 Å². The molecule has 5 heteroatoms.